The number of thioether (sulfide) groups is 1. The van der Waals surface area contributed by atoms with Gasteiger partial charge in [0.15, 0.2) is 0 Å². The van der Waals surface area contributed by atoms with Crippen molar-refractivity contribution in [3.63, 3.8) is 0 Å². The highest BCUT2D eigenvalue weighted by Crippen LogP contribution is 2.15. The SMILES string of the molecule is CCCNc1cc(C(=O)NC(C)CSC)cc(Cl)n1. The lowest BCUT2D eigenvalue weighted by Gasteiger charge is -2.13. The van der Waals surface area contributed by atoms with Crippen LogP contribution < -0.4 is 10.6 Å². The lowest BCUT2D eigenvalue weighted by atomic mass is 10.2. The highest BCUT2D eigenvalue weighted by Gasteiger charge is 2.11. The number of anilines is 1. The van der Waals surface area contributed by atoms with Gasteiger partial charge in [0.05, 0.1) is 0 Å². The Morgan fingerprint density at radius 3 is 2.89 bits per heavy atom. The Kier molecular flexibility index (Phi) is 7.02. The Labute approximate surface area is 123 Å². The Morgan fingerprint density at radius 2 is 2.26 bits per heavy atom. The second-order valence-corrected chi connectivity index (χ2v) is 5.62. The van der Waals surface area contributed by atoms with E-state index in [0.717, 1.165) is 18.7 Å². The largest absolute Gasteiger partial charge is 0.370 e. The van der Waals surface area contributed by atoms with Crippen LogP contribution in [0.15, 0.2) is 12.1 Å². The number of rotatable bonds is 7. The molecule has 1 atom stereocenters. The van der Waals surface area contributed by atoms with Gasteiger partial charge in [0.2, 0.25) is 0 Å². The average Bonchev–Trinajstić information content (AvgIpc) is 2.36. The minimum atomic E-state index is -0.120. The van der Waals surface area contributed by atoms with E-state index in [9.17, 15) is 4.79 Å². The molecule has 0 aliphatic carbocycles. The van der Waals surface area contributed by atoms with Crippen molar-refractivity contribution in [2.75, 3.05) is 23.9 Å². The predicted octanol–water partition coefficient (Wildman–Crippen LogP) is 3.04. The highest BCUT2D eigenvalue weighted by atomic mass is 35.5. The summed E-state index contributed by atoms with van der Waals surface area (Å²) in [6.45, 7) is 4.85. The first-order chi connectivity index (χ1) is 9.06. The molecule has 0 bridgehead atoms. The zero-order valence-corrected chi connectivity index (χ0v) is 13.1. The number of amides is 1. The topological polar surface area (TPSA) is 54.0 Å². The average molecular weight is 302 g/mol. The second-order valence-electron chi connectivity index (χ2n) is 4.32. The summed E-state index contributed by atoms with van der Waals surface area (Å²) in [7, 11) is 0. The van der Waals surface area contributed by atoms with E-state index in [2.05, 4.69) is 22.5 Å². The fourth-order valence-electron chi connectivity index (χ4n) is 1.57. The summed E-state index contributed by atoms with van der Waals surface area (Å²) < 4.78 is 0. The predicted molar refractivity (Wildman–Crippen MR) is 83.3 cm³/mol. The molecule has 1 aromatic heterocycles. The van der Waals surface area contributed by atoms with Gasteiger partial charge in [-0.1, -0.05) is 18.5 Å². The van der Waals surface area contributed by atoms with Crippen LogP contribution >= 0.6 is 23.4 Å². The summed E-state index contributed by atoms with van der Waals surface area (Å²) in [6, 6.07) is 3.43. The van der Waals surface area contributed by atoms with Crippen LogP contribution in [-0.2, 0) is 0 Å². The van der Waals surface area contributed by atoms with E-state index in [4.69, 9.17) is 11.6 Å². The molecule has 4 nitrogen and oxygen atoms in total. The molecule has 1 amide bonds. The van der Waals surface area contributed by atoms with Crippen molar-refractivity contribution < 1.29 is 4.79 Å². The van der Waals surface area contributed by atoms with Crippen LogP contribution in [0.2, 0.25) is 5.15 Å². The lowest BCUT2D eigenvalue weighted by molar-refractivity contribution is 0.0943. The normalized spacial score (nSPS) is 12.0. The van der Waals surface area contributed by atoms with E-state index < -0.39 is 0 Å². The zero-order valence-electron chi connectivity index (χ0n) is 11.5. The molecule has 2 N–H and O–H groups in total. The van der Waals surface area contributed by atoms with Gasteiger partial charge >= 0.3 is 0 Å². The summed E-state index contributed by atoms with van der Waals surface area (Å²) in [5.41, 5.74) is 0.534. The number of carbonyl (C=O) groups is 1. The van der Waals surface area contributed by atoms with Crippen molar-refractivity contribution in [2.24, 2.45) is 0 Å². The van der Waals surface area contributed by atoms with Crippen molar-refractivity contribution in [3.05, 3.63) is 22.8 Å². The first-order valence-electron chi connectivity index (χ1n) is 6.28. The molecule has 0 aliphatic rings. The number of nitrogens with one attached hydrogen (secondary N) is 2. The molecule has 1 rings (SSSR count). The van der Waals surface area contributed by atoms with Crippen molar-refractivity contribution in [3.8, 4) is 0 Å². The minimum Gasteiger partial charge on any atom is -0.370 e. The maximum absolute atomic E-state index is 12.1. The number of carbonyl (C=O) groups excluding carboxylic acids is 1. The number of nitrogens with zero attached hydrogens (tertiary/aromatic N) is 1. The van der Waals surface area contributed by atoms with Gasteiger partial charge in [-0.2, -0.15) is 11.8 Å². The first kappa shape index (κ1) is 16.1. The Morgan fingerprint density at radius 1 is 1.53 bits per heavy atom. The van der Waals surface area contributed by atoms with Gasteiger partial charge in [-0.3, -0.25) is 4.79 Å². The van der Waals surface area contributed by atoms with Gasteiger partial charge in [0.25, 0.3) is 5.91 Å². The van der Waals surface area contributed by atoms with Crippen LogP contribution in [0.1, 0.15) is 30.6 Å². The molecule has 1 aromatic rings. The molecule has 19 heavy (non-hydrogen) atoms. The molecule has 0 spiro atoms. The molecule has 1 heterocycles. The number of pyridine rings is 1. The molecule has 0 saturated heterocycles. The Balaban J connectivity index is 2.75. The van der Waals surface area contributed by atoms with Crippen molar-refractivity contribution in [2.45, 2.75) is 26.3 Å². The number of hydrogen-bond acceptors (Lipinski definition) is 4. The standard InChI is InChI=1S/C13H20ClN3OS/c1-4-5-15-12-7-10(6-11(14)17-12)13(18)16-9(2)8-19-3/h6-7,9H,4-5,8H2,1-3H3,(H,15,17)(H,16,18). The van der Waals surface area contributed by atoms with E-state index in [1.54, 1.807) is 23.9 Å². The summed E-state index contributed by atoms with van der Waals surface area (Å²) in [6.07, 6.45) is 3.00. The third kappa shape index (κ3) is 5.70. The Bertz CT molecular complexity index is 428. The summed E-state index contributed by atoms with van der Waals surface area (Å²) in [5.74, 6) is 1.40. The van der Waals surface area contributed by atoms with E-state index in [-0.39, 0.29) is 11.9 Å². The van der Waals surface area contributed by atoms with E-state index >= 15 is 0 Å². The molecule has 0 radical (unpaired) electrons. The zero-order chi connectivity index (χ0) is 14.3. The van der Waals surface area contributed by atoms with Crippen molar-refractivity contribution >= 4 is 35.1 Å². The van der Waals surface area contributed by atoms with Crippen LogP contribution in [0.3, 0.4) is 0 Å². The molecular formula is C13H20ClN3OS. The molecule has 0 aromatic carbocycles. The second kappa shape index (κ2) is 8.27. The summed E-state index contributed by atoms with van der Waals surface area (Å²) >= 11 is 7.63. The van der Waals surface area contributed by atoms with Gasteiger partial charge in [-0.25, -0.2) is 4.98 Å². The number of hydrogen-bond donors (Lipinski definition) is 2. The summed E-state index contributed by atoms with van der Waals surface area (Å²) in [4.78, 5) is 16.2. The molecule has 0 saturated carbocycles. The van der Waals surface area contributed by atoms with Crippen molar-refractivity contribution in [1.82, 2.24) is 10.3 Å². The van der Waals surface area contributed by atoms with Gasteiger partial charge in [-0.05, 0) is 31.7 Å². The lowest BCUT2D eigenvalue weighted by Crippen LogP contribution is -2.34. The van der Waals surface area contributed by atoms with E-state index in [1.165, 1.54) is 0 Å². The van der Waals surface area contributed by atoms with Gasteiger partial charge in [0.1, 0.15) is 11.0 Å². The summed E-state index contributed by atoms with van der Waals surface area (Å²) in [5, 5.41) is 6.39. The van der Waals surface area contributed by atoms with Gasteiger partial charge in [0, 0.05) is 23.9 Å². The first-order valence-corrected chi connectivity index (χ1v) is 8.05. The smallest absolute Gasteiger partial charge is 0.251 e. The third-order valence-electron chi connectivity index (χ3n) is 2.41. The molecule has 106 valence electrons. The molecule has 0 aliphatic heterocycles. The quantitative estimate of drug-likeness (QED) is 0.760. The monoisotopic (exact) mass is 301 g/mol. The molecular weight excluding hydrogens is 282 g/mol. The number of aromatic nitrogens is 1. The van der Waals surface area contributed by atoms with E-state index in [0.29, 0.717) is 16.5 Å². The highest BCUT2D eigenvalue weighted by molar-refractivity contribution is 7.98. The third-order valence-corrected chi connectivity index (χ3v) is 3.43. The van der Waals surface area contributed by atoms with Crippen LogP contribution in [0, 0.1) is 0 Å². The fourth-order valence-corrected chi connectivity index (χ4v) is 2.36. The number of halogens is 1. The molecule has 6 heteroatoms. The van der Waals surface area contributed by atoms with Crippen LogP contribution in [0.4, 0.5) is 5.82 Å². The van der Waals surface area contributed by atoms with Crippen LogP contribution in [0.5, 0.6) is 0 Å². The maximum Gasteiger partial charge on any atom is 0.251 e. The fraction of sp³-hybridized carbons (Fsp3) is 0.538. The van der Waals surface area contributed by atoms with Crippen LogP contribution in [0.25, 0.3) is 0 Å². The van der Waals surface area contributed by atoms with Gasteiger partial charge in [-0.15, -0.1) is 0 Å². The van der Waals surface area contributed by atoms with E-state index in [1.807, 2.05) is 13.2 Å². The van der Waals surface area contributed by atoms with Crippen LogP contribution in [-0.4, -0.2) is 35.5 Å². The molecule has 1 unspecified atom stereocenters. The maximum atomic E-state index is 12.1. The molecule has 0 fully saturated rings. The van der Waals surface area contributed by atoms with Crippen molar-refractivity contribution in [1.29, 1.82) is 0 Å². The van der Waals surface area contributed by atoms with Gasteiger partial charge < -0.3 is 10.6 Å². The Hall–Kier alpha value is -0.940. The minimum absolute atomic E-state index is 0.120.